The van der Waals surface area contributed by atoms with Gasteiger partial charge in [0.1, 0.15) is 5.39 Å². The van der Waals surface area contributed by atoms with Gasteiger partial charge in [0.25, 0.3) is 5.56 Å². The largest absolute Gasteiger partial charge is 0.312 e. The standard InChI is InChI=1S/C25H23N5O2S/c1-16-7-2-4-10-20(16)30-23-19(14-26-30)24(32)29-18(15-33-25(29)27-23)13-22(31)28-12-6-9-17-8-3-5-11-21(17)28/h2-5,7-8,10-11,14,18H,6,9,12-13,15H2,1H3. The second kappa shape index (κ2) is 7.88. The third-order valence-corrected chi connectivity index (χ3v) is 7.63. The molecule has 4 heterocycles. The van der Waals surface area contributed by atoms with Crippen LogP contribution in [0.15, 0.2) is 64.7 Å². The summed E-state index contributed by atoms with van der Waals surface area (Å²) in [5.41, 5.74) is 4.61. The van der Waals surface area contributed by atoms with Crippen LogP contribution in [0.25, 0.3) is 16.7 Å². The number of fused-ring (bicyclic) bond motifs is 3. The number of carbonyl (C=O) groups is 1. The summed E-state index contributed by atoms with van der Waals surface area (Å²) in [4.78, 5) is 33.4. The highest BCUT2D eigenvalue weighted by Crippen LogP contribution is 2.35. The van der Waals surface area contributed by atoms with Crippen LogP contribution in [0.5, 0.6) is 0 Å². The smallest absolute Gasteiger partial charge is 0.265 e. The van der Waals surface area contributed by atoms with E-state index in [1.807, 2.05) is 54.3 Å². The lowest BCUT2D eigenvalue weighted by atomic mass is 10.0. The van der Waals surface area contributed by atoms with Crippen LogP contribution < -0.4 is 10.5 Å². The highest BCUT2D eigenvalue weighted by molar-refractivity contribution is 7.99. The van der Waals surface area contributed by atoms with Gasteiger partial charge < -0.3 is 4.90 Å². The van der Waals surface area contributed by atoms with E-state index in [2.05, 4.69) is 11.2 Å². The van der Waals surface area contributed by atoms with Gasteiger partial charge in [-0.15, -0.1) is 0 Å². The number of benzene rings is 2. The molecule has 6 rings (SSSR count). The van der Waals surface area contributed by atoms with Crippen LogP contribution in [-0.4, -0.2) is 37.5 Å². The number of aromatic nitrogens is 4. The molecule has 0 radical (unpaired) electrons. The minimum atomic E-state index is -0.210. The van der Waals surface area contributed by atoms with Crippen LogP contribution in [0.2, 0.25) is 0 Å². The van der Waals surface area contributed by atoms with Crippen LogP contribution in [0.4, 0.5) is 5.69 Å². The van der Waals surface area contributed by atoms with Crippen molar-refractivity contribution in [3.63, 3.8) is 0 Å². The molecule has 4 aromatic rings. The fourth-order valence-electron chi connectivity index (χ4n) is 4.86. The highest BCUT2D eigenvalue weighted by atomic mass is 32.2. The molecular weight excluding hydrogens is 434 g/mol. The summed E-state index contributed by atoms with van der Waals surface area (Å²) in [5.74, 6) is 0.719. The molecule has 0 saturated heterocycles. The lowest BCUT2D eigenvalue weighted by molar-refractivity contribution is -0.119. The molecule has 0 bridgehead atoms. The number of hydrogen-bond donors (Lipinski definition) is 0. The van der Waals surface area contributed by atoms with Crippen LogP contribution >= 0.6 is 11.8 Å². The summed E-state index contributed by atoms with van der Waals surface area (Å²) in [6, 6.07) is 15.8. The van der Waals surface area contributed by atoms with Crippen molar-refractivity contribution >= 4 is 34.4 Å². The summed E-state index contributed by atoms with van der Waals surface area (Å²) >= 11 is 1.53. The average molecular weight is 458 g/mol. The number of hydrogen-bond acceptors (Lipinski definition) is 5. The Hall–Kier alpha value is -3.39. The van der Waals surface area contributed by atoms with E-state index in [0.717, 1.165) is 36.3 Å². The molecule has 2 aliphatic rings. The number of anilines is 1. The molecule has 1 unspecified atom stereocenters. The van der Waals surface area contributed by atoms with Crippen LogP contribution in [0.1, 0.15) is 30.0 Å². The summed E-state index contributed by atoms with van der Waals surface area (Å²) < 4.78 is 3.43. The SMILES string of the molecule is Cc1ccccc1-n1ncc2c(=O)n3c(nc21)SCC3CC(=O)N1CCCc2ccccc21. The van der Waals surface area contributed by atoms with Gasteiger partial charge in [0.15, 0.2) is 10.8 Å². The van der Waals surface area contributed by atoms with Crippen molar-refractivity contribution in [2.75, 3.05) is 17.2 Å². The van der Waals surface area contributed by atoms with Crippen molar-refractivity contribution in [1.82, 2.24) is 19.3 Å². The van der Waals surface area contributed by atoms with Crippen LogP contribution in [0, 0.1) is 6.92 Å². The van der Waals surface area contributed by atoms with E-state index in [1.54, 1.807) is 15.4 Å². The molecule has 2 aliphatic heterocycles. The summed E-state index contributed by atoms with van der Waals surface area (Å²) in [7, 11) is 0. The molecule has 1 amide bonds. The zero-order valence-electron chi connectivity index (χ0n) is 18.3. The maximum absolute atomic E-state index is 13.4. The third kappa shape index (κ3) is 3.28. The molecule has 166 valence electrons. The highest BCUT2D eigenvalue weighted by Gasteiger charge is 2.32. The first kappa shape index (κ1) is 20.2. The summed E-state index contributed by atoms with van der Waals surface area (Å²) in [6.07, 6.45) is 3.83. The van der Waals surface area contributed by atoms with Gasteiger partial charge in [0, 0.05) is 24.4 Å². The second-order valence-corrected chi connectivity index (χ2v) is 9.58. The molecule has 2 aromatic heterocycles. The normalized spacial score (nSPS) is 17.2. The van der Waals surface area contributed by atoms with Crippen molar-refractivity contribution in [3.8, 4) is 5.69 Å². The Morgan fingerprint density at radius 1 is 1.12 bits per heavy atom. The number of para-hydroxylation sites is 2. The zero-order chi connectivity index (χ0) is 22.5. The third-order valence-electron chi connectivity index (χ3n) is 6.54. The molecule has 7 nitrogen and oxygen atoms in total. The topological polar surface area (TPSA) is 73.0 Å². The second-order valence-electron chi connectivity index (χ2n) is 8.60. The number of aryl methyl sites for hydroxylation is 2. The minimum Gasteiger partial charge on any atom is -0.312 e. The minimum absolute atomic E-state index is 0.0585. The Labute approximate surface area is 195 Å². The lowest BCUT2D eigenvalue weighted by Gasteiger charge is -2.30. The number of carbonyl (C=O) groups excluding carboxylic acids is 1. The first-order valence-corrected chi connectivity index (χ1v) is 12.2. The van der Waals surface area contributed by atoms with E-state index in [9.17, 15) is 9.59 Å². The van der Waals surface area contributed by atoms with Gasteiger partial charge in [-0.2, -0.15) is 5.10 Å². The van der Waals surface area contributed by atoms with Crippen molar-refractivity contribution in [1.29, 1.82) is 0 Å². The summed E-state index contributed by atoms with van der Waals surface area (Å²) in [5, 5.41) is 5.60. The molecule has 1 atom stereocenters. The van der Waals surface area contributed by atoms with Crippen molar-refractivity contribution in [2.45, 2.75) is 37.4 Å². The number of thioether (sulfide) groups is 1. The number of nitrogens with zero attached hydrogens (tertiary/aromatic N) is 5. The molecule has 0 spiro atoms. The van der Waals surface area contributed by atoms with Gasteiger partial charge in [0.2, 0.25) is 5.91 Å². The number of rotatable bonds is 3. The zero-order valence-corrected chi connectivity index (χ0v) is 19.1. The first-order chi connectivity index (χ1) is 16.1. The maximum Gasteiger partial charge on any atom is 0.265 e. The molecule has 0 aliphatic carbocycles. The van der Waals surface area contributed by atoms with E-state index in [0.29, 0.717) is 21.9 Å². The molecule has 33 heavy (non-hydrogen) atoms. The van der Waals surface area contributed by atoms with E-state index in [1.165, 1.54) is 17.3 Å². The molecule has 0 fully saturated rings. The first-order valence-electron chi connectivity index (χ1n) is 11.2. The van der Waals surface area contributed by atoms with E-state index >= 15 is 0 Å². The van der Waals surface area contributed by atoms with Gasteiger partial charge in [-0.1, -0.05) is 48.2 Å². The molecule has 0 saturated carbocycles. The lowest BCUT2D eigenvalue weighted by Crippen LogP contribution is -2.37. The van der Waals surface area contributed by atoms with Crippen LogP contribution in [0.3, 0.4) is 0 Å². The van der Waals surface area contributed by atoms with Gasteiger partial charge in [-0.3, -0.25) is 14.2 Å². The molecule has 0 N–H and O–H groups in total. The van der Waals surface area contributed by atoms with Crippen molar-refractivity contribution in [3.05, 3.63) is 76.2 Å². The van der Waals surface area contributed by atoms with Crippen LogP contribution in [-0.2, 0) is 11.2 Å². The molecule has 8 heteroatoms. The quantitative estimate of drug-likeness (QED) is 0.436. The Kier molecular flexibility index (Phi) is 4.83. The van der Waals surface area contributed by atoms with Gasteiger partial charge in [0.05, 0.1) is 17.9 Å². The van der Waals surface area contributed by atoms with Gasteiger partial charge in [-0.25, -0.2) is 9.67 Å². The monoisotopic (exact) mass is 457 g/mol. The Balaban J connectivity index is 1.34. The maximum atomic E-state index is 13.4. The summed E-state index contributed by atoms with van der Waals surface area (Å²) in [6.45, 7) is 2.73. The molecule has 2 aromatic carbocycles. The van der Waals surface area contributed by atoms with Crippen molar-refractivity contribution < 1.29 is 4.79 Å². The van der Waals surface area contributed by atoms with E-state index in [-0.39, 0.29) is 23.9 Å². The Bertz CT molecular complexity index is 1460. The fraction of sp³-hybridized carbons (Fsp3) is 0.280. The predicted molar refractivity (Wildman–Crippen MR) is 129 cm³/mol. The van der Waals surface area contributed by atoms with Gasteiger partial charge >= 0.3 is 0 Å². The van der Waals surface area contributed by atoms with E-state index < -0.39 is 0 Å². The Morgan fingerprint density at radius 3 is 2.76 bits per heavy atom. The van der Waals surface area contributed by atoms with Crippen molar-refractivity contribution in [2.24, 2.45) is 0 Å². The number of amides is 1. The average Bonchev–Trinajstić information content (AvgIpc) is 3.44. The molecular formula is C25H23N5O2S. The Morgan fingerprint density at radius 2 is 1.91 bits per heavy atom. The van der Waals surface area contributed by atoms with E-state index in [4.69, 9.17) is 4.98 Å². The predicted octanol–water partition coefficient (Wildman–Crippen LogP) is 3.91. The van der Waals surface area contributed by atoms with Gasteiger partial charge in [-0.05, 0) is 43.0 Å². The fourth-order valence-corrected chi connectivity index (χ4v) is 5.99.